The lowest BCUT2D eigenvalue weighted by Gasteiger charge is -2.22. The van der Waals surface area contributed by atoms with Gasteiger partial charge in [-0.15, -0.1) is 0 Å². The molecule has 0 N–H and O–H groups in total. The summed E-state index contributed by atoms with van der Waals surface area (Å²) in [6.07, 6.45) is 11.3. The first-order chi connectivity index (χ1) is 12.1. The highest BCUT2D eigenvalue weighted by Gasteiger charge is 2.27. The van der Waals surface area contributed by atoms with Crippen molar-refractivity contribution < 1.29 is 0 Å². The van der Waals surface area contributed by atoms with Crippen molar-refractivity contribution in [2.24, 2.45) is 0 Å². The maximum atomic E-state index is 2.50. The lowest BCUT2D eigenvalue weighted by Crippen LogP contribution is -2.05. The molecule has 2 aliphatic carbocycles. The van der Waals surface area contributed by atoms with Crippen LogP contribution >= 0.6 is 0 Å². The third-order valence-corrected chi connectivity index (χ3v) is 5.88. The quantitative estimate of drug-likeness (QED) is 0.491. The zero-order valence-electron chi connectivity index (χ0n) is 15.9. The zero-order chi connectivity index (χ0) is 17.6. The van der Waals surface area contributed by atoms with Gasteiger partial charge in [-0.1, -0.05) is 70.2 Å². The van der Waals surface area contributed by atoms with E-state index in [9.17, 15) is 0 Å². The standard InChI is InChI=1S/C25H28/c1-5-17-11-12-21-19(13-17)14-24-23(21)15-22(16(3)4)20(6-2)25(24)18-9-7-8-10-18/h7-9,11-13,15-16H,5-6,10,14H2,1-4H3. The number of rotatable bonds is 4. The Balaban J connectivity index is 1.98. The molecule has 0 saturated heterocycles. The molecule has 2 aliphatic rings. The van der Waals surface area contributed by atoms with E-state index in [0.717, 1.165) is 25.7 Å². The molecular formula is C25H28. The minimum absolute atomic E-state index is 0.563. The van der Waals surface area contributed by atoms with Crippen molar-refractivity contribution in [3.05, 3.63) is 75.9 Å². The van der Waals surface area contributed by atoms with Gasteiger partial charge in [-0.05, 0) is 81.7 Å². The minimum Gasteiger partial charge on any atom is -0.0801 e. The smallest absolute Gasteiger partial charge is 0.000719 e. The highest BCUT2D eigenvalue weighted by molar-refractivity contribution is 5.87. The molecule has 128 valence electrons. The third-order valence-electron chi connectivity index (χ3n) is 5.88. The van der Waals surface area contributed by atoms with Crippen LogP contribution in [0.1, 0.15) is 73.4 Å². The first-order valence-electron chi connectivity index (χ1n) is 9.80. The van der Waals surface area contributed by atoms with Gasteiger partial charge in [0.25, 0.3) is 0 Å². The van der Waals surface area contributed by atoms with Crippen molar-refractivity contribution in [1.29, 1.82) is 0 Å². The topological polar surface area (TPSA) is 0 Å². The van der Waals surface area contributed by atoms with Crippen molar-refractivity contribution in [3.8, 4) is 11.1 Å². The Bertz CT molecular complexity index is 891. The molecule has 0 atom stereocenters. The van der Waals surface area contributed by atoms with E-state index in [1.54, 1.807) is 16.7 Å². The summed E-state index contributed by atoms with van der Waals surface area (Å²) in [5, 5.41) is 0. The lowest BCUT2D eigenvalue weighted by atomic mass is 9.83. The Labute approximate surface area is 152 Å². The van der Waals surface area contributed by atoms with E-state index in [1.165, 1.54) is 33.4 Å². The van der Waals surface area contributed by atoms with Gasteiger partial charge in [-0.2, -0.15) is 0 Å². The Morgan fingerprint density at radius 1 is 1.00 bits per heavy atom. The summed E-state index contributed by atoms with van der Waals surface area (Å²) >= 11 is 0. The van der Waals surface area contributed by atoms with E-state index >= 15 is 0 Å². The van der Waals surface area contributed by atoms with Crippen molar-refractivity contribution in [3.63, 3.8) is 0 Å². The second-order valence-electron chi connectivity index (χ2n) is 7.70. The minimum atomic E-state index is 0.563. The van der Waals surface area contributed by atoms with Gasteiger partial charge in [-0.3, -0.25) is 0 Å². The van der Waals surface area contributed by atoms with E-state index in [4.69, 9.17) is 0 Å². The highest BCUT2D eigenvalue weighted by Crippen LogP contribution is 2.45. The number of aryl methyl sites for hydroxylation is 1. The van der Waals surface area contributed by atoms with Crippen molar-refractivity contribution in [2.45, 2.75) is 59.3 Å². The Morgan fingerprint density at radius 3 is 2.48 bits per heavy atom. The molecule has 0 spiro atoms. The Hall–Kier alpha value is -2.08. The number of fused-ring (bicyclic) bond motifs is 3. The van der Waals surface area contributed by atoms with Crippen LogP contribution in [0.25, 0.3) is 16.7 Å². The molecule has 0 heteroatoms. The van der Waals surface area contributed by atoms with Crippen molar-refractivity contribution in [2.75, 3.05) is 0 Å². The molecule has 0 heterocycles. The van der Waals surface area contributed by atoms with E-state index in [1.807, 2.05) is 0 Å². The van der Waals surface area contributed by atoms with Gasteiger partial charge in [0.15, 0.2) is 0 Å². The molecule has 2 aromatic rings. The maximum Gasteiger partial charge on any atom is -0.000719 e. The largest absolute Gasteiger partial charge is 0.0801 e. The molecule has 0 radical (unpaired) electrons. The summed E-state index contributed by atoms with van der Waals surface area (Å²) in [7, 11) is 0. The van der Waals surface area contributed by atoms with Gasteiger partial charge >= 0.3 is 0 Å². The van der Waals surface area contributed by atoms with Crippen molar-refractivity contribution >= 4 is 5.57 Å². The summed E-state index contributed by atoms with van der Waals surface area (Å²) in [5.41, 5.74) is 13.7. The van der Waals surface area contributed by atoms with Gasteiger partial charge in [0.1, 0.15) is 0 Å². The van der Waals surface area contributed by atoms with Crippen LogP contribution in [0.15, 0.2) is 42.5 Å². The molecule has 0 amide bonds. The fourth-order valence-electron chi connectivity index (χ4n) is 4.60. The molecule has 0 bridgehead atoms. The lowest BCUT2D eigenvalue weighted by molar-refractivity contribution is 0.841. The van der Waals surface area contributed by atoms with Crippen LogP contribution in [0, 0.1) is 0 Å². The zero-order valence-corrected chi connectivity index (χ0v) is 15.9. The molecule has 0 unspecified atom stereocenters. The molecule has 0 fully saturated rings. The monoisotopic (exact) mass is 328 g/mol. The molecule has 4 rings (SSSR count). The summed E-state index contributed by atoms with van der Waals surface area (Å²) in [4.78, 5) is 0. The first kappa shape index (κ1) is 16.4. The van der Waals surface area contributed by atoms with Gasteiger partial charge in [0, 0.05) is 0 Å². The second kappa shape index (κ2) is 6.33. The van der Waals surface area contributed by atoms with Crippen LogP contribution in [0.4, 0.5) is 0 Å². The van der Waals surface area contributed by atoms with E-state index < -0.39 is 0 Å². The predicted molar refractivity (Wildman–Crippen MR) is 109 cm³/mol. The average Bonchev–Trinajstić information content (AvgIpc) is 3.26. The fourth-order valence-corrected chi connectivity index (χ4v) is 4.60. The summed E-state index contributed by atoms with van der Waals surface area (Å²) in [5.74, 6) is 0.563. The van der Waals surface area contributed by atoms with Crippen LogP contribution in [0.2, 0.25) is 0 Å². The maximum absolute atomic E-state index is 2.50. The SMILES string of the molecule is CCc1ccc2c(c1)Cc1c-2cc(C(C)C)c(CC)c1C1=CC=CC1. The molecule has 25 heavy (non-hydrogen) atoms. The molecule has 0 aliphatic heterocycles. The number of benzene rings is 2. The average molecular weight is 328 g/mol. The van der Waals surface area contributed by atoms with Crippen LogP contribution in [0.5, 0.6) is 0 Å². The summed E-state index contributed by atoms with van der Waals surface area (Å²) in [6, 6.07) is 9.61. The van der Waals surface area contributed by atoms with E-state index in [-0.39, 0.29) is 0 Å². The second-order valence-corrected chi connectivity index (χ2v) is 7.70. The van der Waals surface area contributed by atoms with Crippen molar-refractivity contribution in [1.82, 2.24) is 0 Å². The molecule has 0 aromatic heterocycles. The number of hydrogen-bond acceptors (Lipinski definition) is 0. The molecule has 2 aromatic carbocycles. The highest BCUT2D eigenvalue weighted by atomic mass is 14.3. The third kappa shape index (κ3) is 2.59. The summed E-state index contributed by atoms with van der Waals surface area (Å²) < 4.78 is 0. The van der Waals surface area contributed by atoms with Crippen LogP contribution in [0.3, 0.4) is 0 Å². The molecule has 0 nitrogen and oxygen atoms in total. The first-order valence-corrected chi connectivity index (χ1v) is 9.80. The van der Waals surface area contributed by atoms with E-state index in [2.05, 4.69) is 70.2 Å². The predicted octanol–water partition coefficient (Wildman–Crippen LogP) is 6.85. The Morgan fingerprint density at radius 2 is 1.84 bits per heavy atom. The van der Waals surface area contributed by atoms with Gasteiger partial charge in [0.05, 0.1) is 0 Å². The van der Waals surface area contributed by atoms with Gasteiger partial charge < -0.3 is 0 Å². The van der Waals surface area contributed by atoms with Gasteiger partial charge in [-0.25, -0.2) is 0 Å². The van der Waals surface area contributed by atoms with Crippen LogP contribution in [-0.2, 0) is 19.3 Å². The summed E-state index contributed by atoms with van der Waals surface area (Å²) in [6.45, 7) is 9.23. The van der Waals surface area contributed by atoms with E-state index in [0.29, 0.717) is 5.92 Å². The molecular weight excluding hydrogens is 300 g/mol. The fraction of sp³-hybridized carbons (Fsp3) is 0.360. The number of hydrogen-bond donors (Lipinski definition) is 0. The molecule has 0 saturated carbocycles. The van der Waals surface area contributed by atoms with Gasteiger partial charge in [0.2, 0.25) is 0 Å². The normalized spacial score (nSPS) is 14.8. The Kier molecular flexibility index (Phi) is 4.15. The number of allylic oxidation sites excluding steroid dienone is 4. The van der Waals surface area contributed by atoms with Crippen LogP contribution < -0.4 is 0 Å². The van der Waals surface area contributed by atoms with Crippen LogP contribution in [-0.4, -0.2) is 0 Å².